The van der Waals surface area contributed by atoms with Gasteiger partial charge in [0.25, 0.3) is 0 Å². The molecule has 0 spiro atoms. The summed E-state index contributed by atoms with van der Waals surface area (Å²) in [4.78, 5) is 18.6. The number of carbonyl (C=O) groups excluding carboxylic acids is 1. The maximum absolute atomic E-state index is 12.0. The third-order valence-electron chi connectivity index (χ3n) is 6.25. The lowest BCUT2D eigenvalue weighted by molar-refractivity contribution is -0.119. The van der Waals surface area contributed by atoms with Gasteiger partial charge in [0.15, 0.2) is 5.11 Å². The summed E-state index contributed by atoms with van der Waals surface area (Å²) in [6.07, 6.45) is 1.75. The topological polar surface area (TPSA) is 79.6 Å². The lowest BCUT2D eigenvalue weighted by Gasteiger charge is -2.27. The Balaban J connectivity index is 1.55. The predicted octanol–water partition coefficient (Wildman–Crippen LogP) is 6.72. The summed E-state index contributed by atoms with van der Waals surface area (Å²) in [6, 6.07) is 20.0. The van der Waals surface area contributed by atoms with Crippen LogP contribution in [-0.4, -0.2) is 29.7 Å². The van der Waals surface area contributed by atoms with Crippen molar-refractivity contribution >= 4 is 57.8 Å². The highest BCUT2D eigenvalue weighted by Crippen LogP contribution is 2.44. The van der Waals surface area contributed by atoms with E-state index in [-0.39, 0.29) is 24.6 Å². The van der Waals surface area contributed by atoms with E-state index in [9.17, 15) is 4.79 Å². The van der Waals surface area contributed by atoms with Crippen molar-refractivity contribution in [1.82, 2.24) is 10.3 Å². The molecule has 2 N–H and O–H groups in total. The second-order valence-electron chi connectivity index (χ2n) is 8.80. The molecule has 2 aromatic heterocycles. The molecule has 2 atom stereocenters. The number of nitrogens with one attached hydrogen (secondary N) is 2. The zero-order valence-electron chi connectivity index (χ0n) is 20.6. The summed E-state index contributed by atoms with van der Waals surface area (Å²) in [7, 11) is 1.48. The molecule has 1 saturated heterocycles. The minimum absolute atomic E-state index is 0.0202. The van der Waals surface area contributed by atoms with Crippen molar-refractivity contribution in [3.05, 3.63) is 100.0 Å². The van der Waals surface area contributed by atoms with Crippen LogP contribution in [0.3, 0.4) is 0 Å². The van der Waals surface area contributed by atoms with Crippen LogP contribution in [0, 0.1) is 6.92 Å². The Morgan fingerprint density at radius 3 is 2.71 bits per heavy atom. The van der Waals surface area contributed by atoms with Crippen LogP contribution in [0.5, 0.6) is 0 Å². The van der Waals surface area contributed by atoms with Gasteiger partial charge in [-0.1, -0.05) is 29.3 Å². The van der Waals surface area contributed by atoms with Gasteiger partial charge in [-0.15, -0.1) is 0 Å². The number of furan rings is 1. The second kappa shape index (κ2) is 11.1. The lowest BCUT2D eigenvalue weighted by Crippen LogP contribution is -2.29. The number of halogens is 2. The van der Waals surface area contributed by atoms with Gasteiger partial charge in [0, 0.05) is 35.3 Å². The Hall–Kier alpha value is -3.43. The van der Waals surface area contributed by atoms with Gasteiger partial charge in [-0.25, -0.2) is 0 Å². The summed E-state index contributed by atoms with van der Waals surface area (Å²) < 4.78 is 11.3. The molecule has 7 nitrogen and oxygen atoms in total. The predicted molar refractivity (Wildman–Crippen MR) is 154 cm³/mol. The number of methoxy groups -OCH3 is 1. The average molecular weight is 567 g/mol. The number of amides is 1. The lowest BCUT2D eigenvalue weighted by atomic mass is 10.0. The SMILES string of the molecule is COCC(=O)Nc1ccc(N2C(=S)NC(c3ccccn3)C2c2ccc(-c3ccc(Cl)cc3Cl)o2)cc1C. The minimum atomic E-state index is -0.342. The molecule has 10 heteroatoms. The van der Waals surface area contributed by atoms with Gasteiger partial charge < -0.3 is 24.7 Å². The first-order valence-electron chi connectivity index (χ1n) is 11.8. The zero-order chi connectivity index (χ0) is 26.8. The van der Waals surface area contributed by atoms with Crippen LogP contribution in [0.2, 0.25) is 10.0 Å². The number of pyridine rings is 1. The molecule has 194 valence electrons. The molecule has 5 rings (SSSR count). The van der Waals surface area contributed by atoms with Crippen molar-refractivity contribution in [3.8, 4) is 11.3 Å². The number of rotatable bonds is 7. The molecule has 1 amide bonds. The Morgan fingerprint density at radius 1 is 1.16 bits per heavy atom. The maximum Gasteiger partial charge on any atom is 0.250 e. The van der Waals surface area contributed by atoms with E-state index in [4.69, 9.17) is 44.6 Å². The summed E-state index contributed by atoms with van der Waals surface area (Å²) in [6.45, 7) is 1.91. The van der Waals surface area contributed by atoms with E-state index in [2.05, 4.69) is 15.6 Å². The number of thiocarbonyl (C=S) groups is 1. The summed E-state index contributed by atoms with van der Waals surface area (Å²) >= 11 is 18.4. The number of hydrogen-bond acceptors (Lipinski definition) is 5. The van der Waals surface area contributed by atoms with Crippen LogP contribution < -0.4 is 15.5 Å². The first-order chi connectivity index (χ1) is 18.4. The molecule has 1 fully saturated rings. The molecule has 4 aromatic rings. The molecule has 38 heavy (non-hydrogen) atoms. The Labute approximate surface area is 235 Å². The highest BCUT2D eigenvalue weighted by atomic mass is 35.5. The number of benzene rings is 2. The van der Waals surface area contributed by atoms with Crippen molar-refractivity contribution in [1.29, 1.82) is 0 Å². The van der Waals surface area contributed by atoms with Gasteiger partial charge in [-0.3, -0.25) is 9.78 Å². The van der Waals surface area contributed by atoms with E-state index in [1.54, 1.807) is 18.3 Å². The fourth-order valence-electron chi connectivity index (χ4n) is 4.52. The van der Waals surface area contributed by atoms with Gasteiger partial charge in [0.1, 0.15) is 24.2 Å². The normalized spacial score (nSPS) is 16.9. The smallest absolute Gasteiger partial charge is 0.250 e. The highest BCUT2D eigenvalue weighted by Gasteiger charge is 2.42. The van der Waals surface area contributed by atoms with Gasteiger partial charge >= 0.3 is 0 Å². The fraction of sp³-hybridized carbons (Fsp3) is 0.179. The molecule has 1 aliphatic heterocycles. The van der Waals surface area contributed by atoms with Crippen molar-refractivity contribution in [2.24, 2.45) is 0 Å². The third-order valence-corrected chi connectivity index (χ3v) is 7.11. The van der Waals surface area contributed by atoms with Crippen molar-refractivity contribution in [2.75, 3.05) is 23.9 Å². The molecular formula is C28H24Cl2N4O3S. The Kier molecular flexibility index (Phi) is 7.67. The largest absolute Gasteiger partial charge is 0.459 e. The number of hydrogen-bond donors (Lipinski definition) is 2. The molecule has 0 aliphatic carbocycles. The third kappa shape index (κ3) is 5.26. The van der Waals surface area contributed by atoms with Crippen LogP contribution in [0.25, 0.3) is 11.3 Å². The summed E-state index contributed by atoms with van der Waals surface area (Å²) in [5.74, 6) is 1.08. The van der Waals surface area contributed by atoms with E-state index in [0.29, 0.717) is 32.4 Å². The van der Waals surface area contributed by atoms with E-state index in [0.717, 1.165) is 22.5 Å². The van der Waals surface area contributed by atoms with Gasteiger partial charge in [0.05, 0.1) is 16.8 Å². The van der Waals surface area contributed by atoms with E-state index < -0.39 is 0 Å². The molecule has 0 bridgehead atoms. The van der Waals surface area contributed by atoms with Crippen molar-refractivity contribution < 1.29 is 13.9 Å². The Bertz CT molecular complexity index is 1490. The number of anilines is 2. The average Bonchev–Trinajstić information content (AvgIpc) is 3.50. The van der Waals surface area contributed by atoms with E-state index in [1.807, 2.05) is 66.4 Å². The van der Waals surface area contributed by atoms with Gasteiger partial charge in [-0.05, 0) is 85.4 Å². The number of nitrogens with zero attached hydrogens (tertiary/aromatic N) is 2. The molecular weight excluding hydrogens is 543 g/mol. The van der Waals surface area contributed by atoms with Gasteiger partial charge in [0.2, 0.25) is 5.91 Å². The first-order valence-corrected chi connectivity index (χ1v) is 13.0. The molecule has 0 radical (unpaired) electrons. The van der Waals surface area contributed by atoms with Crippen LogP contribution in [-0.2, 0) is 9.53 Å². The molecule has 3 heterocycles. The first kappa shape index (κ1) is 26.2. The monoisotopic (exact) mass is 566 g/mol. The van der Waals surface area contributed by atoms with Crippen molar-refractivity contribution in [3.63, 3.8) is 0 Å². The quantitative estimate of drug-likeness (QED) is 0.240. The molecule has 2 aromatic carbocycles. The highest BCUT2D eigenvalue weighted by molar-refractivity contribution is 7.80. The molecule has 0 saturated carbocycles. The Morgan fingerprint density at radius 2 is 2.00 bits per heavy atom. The summed E-state index contributed by atoms with van der Waals surface area (Å²) in [5.41, 5.74) is 3.98. The maximum atomic E-state index is 12.0. The number of aromatic nitrogens is 1. The molecule has 1 aliphatic rings. The minimum Gasteiger partial charge on any atom is -0.459 e. The fourth-order valence-corrected chi connectivity index (χ4v) is 5.37. The van der Waals surface area contributed by atoms with Crippen LogP contribution in [0.15, 0.2) is 77.3 Å². The van der Waals surface area contributed by atoms with Crippen molar-refractivity contribution in [2.45, 2.75) is 19.0 Å². The zero-order valence-corrected chi connectivity index (χ0v) is 22.9. The van der Waals surface area contributed by atoms with Crippen LogP contribution in [0.4, 0.5) is 11.4 Å². The second-order valence-corrected chi connectivity index (χ2v) is 10.0. The van der Waals surface area contributed by atoms with E-state index in [1.165, 1.54) is 7.11 Å². The van der Waals surface area contributed by atoms with Crippen LogP contribution >= 0.6 is 35.4 Å². The van der Waals surface area contributed by atoms with Crippen LogP contribution in [0.1, 0.15) is 29.1 Å². The standard InChI is InChI=1S/C28H24Cl2N4O3S/c1-16-13-18(7-9-21(16)32-25(35)15-36-2)34-27(26(33-28(34)38)22-5-3-4-12-31-22)24-11-10-23(37-24)19-8-6-17(29)14-20(19)30/h3-14,26-27H,15H2,1-2H3,(H,32,35)(H,33,38). The van der Waals surface area contributed by atoms with Gasteiger partial charge in [-0.2, -0.15) is 0 Å². The van der Waals surface area contributed by atoms with E-state index >= 15 is 0 Å². The number of aryl methyl sites for hydroxylation is 1. The molecule has 2 unspecified atom stereocenters. The number of carbonyl (C=O) groups is 1. The summed E-state index contributed by atoms with van der Waals surface area (Å²) in [5, 5.41) is 7.87. The number of ether oxygens (including phenoxy) is 1.